The van der Waals surface area contributed by atoms with E-state index >= 15 is 0 Å². The zero-order valence-electron chi connectivity index (χ0n) is 12.9. The average Bonchev–Trinajstić information content (AvgIpc) is 2.45. The van der Waals surface area contributed by atoms with Crippen LogP contribution in [-0.2, 0) is 20.9 Å². The van der Waals surface area contributed by atoms with Crippen LogP contribution in [0.2, 0.25) is 0 Å². The standard InChI is InChI=1S/C16H23NO3S/c1-4-20-16(19)12-21-11-15(18)17(13(2)3)10-14-8-6-5-7-9-14/h5-9,13H,4,10-12H2,1-3H3. The van der Waals surface area contributed by atoms with Gasteiger partial charge in [-0.1, -0.05) is 30.3 Å². The normalized spacial score (nSPS) is 10.5. The van der Waals surface area contributed by atoms with Crippen LogP contribution in [0, 0.1) is 0 Å². The Morgan fingerprint density at radius 2 is 1.86 bits per heavy atom. The molecule has 0 radical (unpaired) electrons. The van der Waals surface area contributed by atoms with Gasteiger partial charge in [-0.3, -0.25) is 9.59 Å². The van der Waals surface area contributed by atoms with Crippen molar-refractivity contribution in [1.29, 1.82) is 0 Å². The first-order valence-corrected chi connectivity index (χ1v) is 8.26. The lowest BCUT2D eigenvalue weighted by Gasteiger charge is -2.26. The van der Waals surface area contributed by atoms with Crippen LogP contribution in [0.3, 0.4) is 0 Å². The van der Waals surface area contributed by atoms with E-state index in [0.717, 1.165) is 5.56 Å². The lowest BCUT2D eigenvalue weighted by atomic mass is 10.2. The van der Waals surface area contributed by atoms with Crippen LogP contribution >= 0.6 is 11.8 Å². The van der Waals surface area contributed by atoms with Gasteiger partial charge in [0.25, 0.3) is 0 Å². The molecule has 0 N–H and O–H groups in total. The highest BCUT2D eigenvalue weighted by molar-refractivity contribution is 8.00. The van der Waals surface area contributed by atoms with E-state index in [0.29, 0.717) is 18.9 Å². The van der Waals surface area contributed by atoms with Gasteiger partial charge in [0.1, 0.15) is 0 Å². The number of ether oxygens (including phenoxy) is 1. The Morgan fingerprint density at radius 1 is 1.19 bits per heavy atom. The molecule has 5 heteroatoms. The van der Waals surface area contributed by atoms with Crippen molar-refractivity contribution < 1.29 is 14.3 Å². The molecule has 0 saturated carbocycles. The maximum absolute atomic E-state index is 12.3. The second-order valence-electron chi connectivity index (χ2n) is 4.90. The average molecular weight is 309 g/mol. The number of hydrogen-bond donors (Lipinski definition) is 0. The van der Waals surface area contributed by atoms with Gasteiger partial charge in [-0.2, -0.15) is 0 Å². The fourth-order valence-corrected chi connectivity index (χ4v) is 2.54. The van der Waals surface area contributed by atoms with E-state index in [1.165, 1.54) is 11.8 Å². The number of carbonyl (C=O) groups is 2. The third kappa shape index (κ3) is 6.67. The summed E-state index contributed by atoms with van der Waals surface area (Å²) in [7, 11) is 0. The first-order valence-electron chi connectivity index (χ1n) is 7.11. The maximum atomic E-state index is 12.3. The van der Waals surface area contributed by atoms with E-state index in [2.05, 4.69) is 0 Å². The van der Waals surface area contributed by atoms with Gasteiger partial charge in [0.2, 0.25) is 5.91 Å². The van der Waals surface area contributed by atoms with Crippen LogP contribution in [0.25, 0.3) is 0 Å². The van der Waals surface area contributed by atoms with Crippen LogP contribution < -0.4 is 0 Å². The minimum absolute atomic E-state index is 0.0446. The maximum Gasteiger partial charge on any atom is 0.315 e. The lowest BCUT2D eigenvalue weighted by molar-refractivity contribution is -0.139. The summed E-state index contributed by atoms with van der Waals surface area (Å²) in [6.45, 7) is 6.73. The van der Waals surface area contributed by atoms with Crippen LogP contribution in [0.15, 0.2) is 30.3 Å². The van der Waals surface area contributed by atoms with E-state index in [-0.39, 0.29) is 23.7 Å². The van der Waals surface area contributed by atoms with Crippen LogP contribution in [0.4, 0.5) is 0 Å². The molecular formula is C16H23NO3S. The molecule has 0 aliphatic heterocycles. The van der Waals surface area contributed by atoms with Crippen molar-refractivity contribution in [3.63, 3.8) is 0 Å². The summed E-state index contributed by atoms with van der Waals surface area (Å²) >= 11 is 1.30. The summed E-state index contributed by atoms with van der Waals surface area (Å²) in [4.78, 5) is 25.4. The van der Waals surface area contributed by atoms with E-state index in [9.17, 15) is 9.59 Å². The first kappa shape index (κ1) is 17.6. The molecule has 0 aliphatic rings. The largest absolute Gasteiger partial charge is 0.465 e. The second kappa shape index (κ2) is 9.45. The van der Waals surface area contributed by atoms with Crippen molar-refractivity contribution in [2.45, 2.75) is 33.4 Å². The van der Waals surface area contributed by atoms with Crippen LogP contribution in [0.5, 0.6) is 0 Å². The molecule has 0 fully saturated rings. The fourth-order valence-electron chi connectivity index (χ4n) is 1.85. The van der Waals surface area contributed by atoms with Gasteiger partial charge in [0.15, 0.2) is 0 Å². The SMILES string of the molecule is CCOC(=O)CSCC(=O)N(Cc1ccccc1)C(C)C. The Labute approximate surface area is 130 Å². The lowest BCUT2D eigenvalue weighted by Crippen LogP contribution is -2.37. The number of esters is 1. The molecule has 4 nitrogen and oxygen atoms in total. The molecule has 1 aromatic rings. The van der Waals surface area contributed by atoms with Crippen molar-refractivity contribution in [3.05, 3.63) is 35.9 Å². The van der Waals surface area contributed by atoms with Gasteiger partial charge in [0.05, 0.1) is 18.1 Å². The molecule has 1 aromatic carbocycles. The molecule has 21 heavy (non-hydrogen) atoms. The number of amides is 1. The highest BCUT2D eigenvalue weighted by Gasteiger charge is 2.17. The first-order chi connectivity index (χ1) is 10.0. The Morgan fingerprint density at radius 3 is 2.43 bits per heavy atom. The third-order valence-corrected chi connectivity index (χ3v) is 3.78. The number of carbonyl (C=O) groups excluding carboxylic acids is 2. The molecule has 0 atom stereocenters. The summed E-state index contributed by atoms with van der Waals surface area (Å²) in [5.74, 6) is 0.290. The predicted octanol–water partition coefficient (Wildman–Crippen LogP) is 2.72. The highest BCUT2D eigenvalue weighted by atomic mass is 32.2. The van der Waals surface area contributed by atoms with E-state index in [1.54, 1.807) is 6.92 Å². The minimum Gasteiger partial charge on any atom is -0.465 e. The second-order valence-corrected chi connectivity index (χ2v) is 5.88. The summed E-state index contributed by atoms with van der Waals surface area (Å²) in [5, 5.41) is 0. The number of hydrogen-bond acceptors (Lipinski definition) is 4. The van der Waals surface area contributed by atoms with Crippen molar-refractivity contribution in [1.82, 2.24) is 4.90 Å². The van der Waals surface area contributed by atoms with E-state index in [4.69, 9.17) is 4.74 Å². The van der Waals surface area contributed by atoms with Crippen molar-refractivity contribution in [3.8, 4) is 0 Å². The highest BCUT2D eigenvalue weighted by Crippen LogP contribution is 2.11. The number of nitrogens with zero attached hydrogens (tertiary/aromatic N) is 1. The van der Waals surface area contributed by atoms with Gasteiger partial charge >= 0.3 is 5.97 Å². The Bertz CT molecular complexity index is 448. The molecule has 0 aliphatic carbocycles. The smallest absolute Gasteiger partial charge is 0.315 e. The van der Waals surface area contributed by atoms with Gasteiger partial charge < -0.3 is 9.64 Å². The molecule has 0 unspecified atom stereocenters. The summed E-state index contributed by atoms with van der Waals surface area (Å²) in [6.07, 6.45) is 0. The molecule has 0 heterocycles. The monoisotopic (exact) mass is 309 g/mol. The van der Waals surface area contributed by atoms with Crippen molar-refractivity contribution in [2.24, 2.45) is 0 Å². The van der Waals surface area contributed by atoms with Gasteiger partial charge in [-0.05, 0) is 26.3 Å². The molecule has 0 aromatic heterocycles. The zero-order valence-corrected chi connectivity index (χ0v) is 13.7. The molecule has 116 valence electrons. The number of thioether (sulfide) groups is 1. The Kier molecular flexibility index (Phi) is 7.90. The zero-order chi connectivity index (χ0) is 15.7. The van der Waals surface area contributed by atoms with E-state index in [1.807, 2.05) is 49.1 Å². The Hall–Kier alpha value is -1.49. The molecule has 0 spiro atoms. The molecule has 0 bridgehead atoms. The van der Waals surface area contributed by atoms with Crippen LogP contribution in [0.1, 0.15) is 26.3 Å². The van der Waals surface area contributed by atoms with Gasteiger partial charge in [0, 0.05) is 12.6 Å². The molecule has 0 saturated heterocycles. The summed E-state index contributed by atoms with van der Waals surface area (Å²) in [6, 6.07) is 10.0. The third-order valence-electron chi connectivity index (χ3n) is 2.89. The fraction of sp³-hybridized carbons (Fsp3) is 0.500. The molecular weight excluding hydrogens is 286 g/mol. The minimum atomic E-state index is -0.269. The molecule has 1 rings (SSSR count). The predicted molar refractivity (Wildman–Crippen MR) is 86.1 cm³/mol. The number of rotatable bonds is 8. The van der Waals surface area contributed by atoms with Gasteiger partial charge in [-0.25, -0.2) is 0 Å². The quantitative estimate of drug-likeness (QED) is 0.693. The van der Waals surface area contributed by atoms with E-state index < -0.39 is 0 Å². The number of benzene rings is 1. The summed E-state index contributed by atoms with van der Waals surface area (Å²) < 4.78 is 4.84. The van der Waals surface area contributed by atoms with Crippen molar-refractivity contribution in [2.75, 3.05) is 18.1 Å². The molecule has 1 amide bonds. The van der Waals surface area contributed by atoms with Crippen molar-refractivity contribution >= 4 is 23.6 Å². The topological polar surface area (TPSA) is 46.6 Å². The summed E-state index contributed by atoms with van der Waals surface area (Å²) in [5.41, 5.74) is 1.11. The van der Waals surface area contributed by atoms with Gasteiger partial charge in [-0.15, -0.1) is 11.8 Å². The Balaban J connectivity index is 2.48. The van der Waals surface area contributed by atoms with Crippen LogP contribution in [-0.4, -0.2) is 40.9 Å².